The molecule has 0 bridgehead atoms. The van der Waals surface area contributed by atoms with E-state index in [2.05, 4.69) is 56.6 Å². The summed E-state index contributed by atoms with van der Waals surface area (Å²) < 4.78 is 0. The molecule has 0 aliphatic carbocycles. The summed E-state index contributed by atoms with van der Waals surface area (Å²) in [7, 11) is 0. The topological polar surface area (TPSA) is 69.7 Å². The summed E-state index contributed by atoms with van der Waals surface area (Å²) in [6, 6.07) is 12.4. The van der Waals surface area contributed by atoms with Crippen LogP contribution < -0.4 is 10.2 Å². The van der Waals surface area contributed by atoms with Crippen molar-refractivity contribution in [1.82, 2.24) is 20.2 Å². The van der Waals surface area contributed by atoms with Crippen LogP contribution in [-0.4, -0.2) is 33.3 Å². The molecule has 4 aromatic rings. The Morgan fingerprint density at radius 3 is 2.88 bits per heavy atom. The maximum atomic E-state index is 4.81. The van der Waals surface area contributed by atoms with E-state index in [9.17, 15) is 0 Å². The molecule has 0 atom stereocenters. The molecule has 26 heavy (non-hydrogen) atoms. The number of nitrogens with zero attached hydrogens (tertiary/aromatic N) is 4. The van der Waals surface area contributed by atoms with Crippen molar-refractivity contribution in [2.24, 2.45) is 0 Å². The molecule has 0 unspecified atom stereocenters. The zero-order chi connectivity index (χ0) is 17.5. The first-order valence-electron chi connectivity index (χ1n) is 9.00. The van der Waals surface area contributed by atoms with Crippen molar-refractivity contribution in [3.63, 3.8) is 0 Å². The van der Waals surface area contributed by atoms with Crippen molar-refractivity contribution < 1.29 is 0 Å². The molecule has 1 aliphatic rings. The zero-order valence-corrected chi connectivity index (χ0v) is 14.7. The number of H-pyrrole nitrogens is 1. The highest BCUT2D eigenvalue weighted by Gasteiger charge is 2.17. The predicted molar refractivity (Wildman–Crippen MR) is 105 cm³/mol. The quantitative estimate of drug-likeness (QED) is 0.584. The lowest BCUT2D eigenvalue weighted by molar-refractivity contribution is 0.938. The molecule has 6 nitrogen and oxygen atoms in total. The van der Waals surface area contributed by atoms with E-state index in [1.807, 2.05) is 12.1 Å². The number of fused-ring (bicyclic) bond motifs is 2. The van der Waals surface area contributed by atoms with Crippen LogP contribution in [0.2, 0.25) is 0 Å². The maximum absolute atomic E-state index is 4.81. The van der Waals surface area contributed by atoms with Crippen LogP contribution in [0.15, 0.2) is 42.6 Å². The van der Waals surface area contributed by atoms with Crippen LogP contribution in [0, 0.1) is 6.92 Å². The Bertz CT molecular complexity index is 1090. The van der Waals surface area contributed by atoms with Gasteiger partial charge in [0.05, 0.1) is 5.52 Å². The number of hydrogen-bond donors (Lipinski definition) is 2. The number of nitrogens with one attached hydrogen (secondary N) is 2. The van der Waals surface area contributed by atoms with E-state index in [4.69, 9.17) is 4.98 Å². The molecule has 0 amide bonds. The van der Waals surface area contributed by atoms with Crippen LogP contribution in [0.1, 0.15) is 18.5 Å². The van der Waals surface area contributed by atoms with Gasteiger partial charge in [-0.25, -0.2) is 4.98 Å². The second-order valence-electron chi connectivity index (χ2n) is 6.81. The molecule has 5 rings (SSSR count). The third-order valence-electron chi connectivity index (χ3n) is 4.93. The predicted octanol–water partition coefficient (Wildman–Crippen LogP) is 4.16. The molecular formula is C20H20N6. The molecule has 130 valence electrons. The van der Waals surface area contributed by atoms with E-state index < -0.39 is 0 Å². The molecular weight excluding hydrogens is 324 g/mol. The smallest absolute Gasteiger partial charge is 0.178 e. The SMILES string of the molecule is Cc1cc2cc(Nc3n[nH]c4cccnc34)ccc2c(N2CCCC2)n1. The van der Waals surface area contributed by atoms with Gasteiger partial charge in [-0.3, -0.25) is 10.1 Å². The molecule has 4 heterocycles. The number of aromatic nitrogens is 4. The second kappa shape index (κ2) is 5.98. The molecule has 1 aromatic carbocycles. The van der Waals surface area contributed by atoms with Gasteiger partial charge in [0, 0.05) is 36.1 Å². The highest BCUT2D eigenvalue weighted by molar-refractivity contribution is 5.96. The van der Waals surface area contributed by atoms with Gasteiger partial charge in [-0.05, 0) is 61.5 Å². The van der Waals surface area contributed by atoms with Crippen molar-refractivity contribution in [3.05, 3.63) is 48.3 Å². The van der Waals surface area contributed by atoms with Crippen LogP contribution >= 0.6 is 0 Å². The van der Waals surface area contributed by atoms with Gasteiger partial charge in [-0.15, -0.1) is 0 Å². The summed E-state index contributed by atoms with van der Waals surface area (Å²) >= 11 is 0. The number of pyridine rings is 2. The summed E-state index contributed by atoms with van der Waals surface area (Å²) in [5.74, 6) is 1.85. The molecule has 6 heteroatoms. The molecule has 2 N–H and O–H groups in total. The van der Waals surface area contributed by atoms with Crippen LogP contribution in [-0.2, 0) is 0 Å². The lowest BCUT2D eigenvalue weighted by Crippen LogP contribution is -2.19. The van der Waals surface area contributed by atoms with E-state index >= 15 is 0 Å². The highest BCUT2D eigenvalue weighted by atomic mass is 15.2. The monoisotopic (exact) mass is 344 g/mol. The summed E-state index contributed by atoms with van der Waals surface area (Å²) in [4.78, 5) is 11.6. The Morgan fingerprint density at radius 1 is 1.12 bits per heavy atom. The lowest BCUT2D eigenvalue weighted by Gasteiger charge is -2.19. The van der Waals surface area contributed by atoms with Crippen LogP contribution in [0.4, 0.5) is 17.3 Å². The number of aromatic amines is 1. The molecule has 0 saturated carbocycles. The minimum Gasteiger partial charge on any atom is -0.356 e. The number of rotatable bonds is 3. The number of hydrogen-bond acceptors (Lipinski definition) is 5. The summed E-state index contributed by atoms with van der Waals surface area (Å²) in [6.07, 6.45) is 4.27. The zero-order valence-electron chi connectivity index (χ0n) is 14.7. The fourth-order valence-corrected chi connectivity index (χ4v) is 3.70. The van der Waals surface area contributed by atoms with Crippen LogP contribution in [0.5, 0.6) is 0 Å². The molecule has 1 fully saturated rings. The molecule has 1 aliphatic heterocycles. The normalized spacial score (nSPS) is 14.4. The summed E-state index contributed by atoms with van der Waals surface area (Å²) in [5, 5.41) is 13.1. The Balaban J connectivity index is 1.55. The number of aryl methyl sites for hydroxylation is 1. The fraction of sp³-hybridized carbons (Fsp3) is 0.250. The standard InChI is InChI=1S/C20H20N6/c1-13-11-14-12-15(23-19-18-17(24-25-19)5-4-8-21-18)6-7-16(14)20(22-13)26-9-2-3-10-26/h4-8,11-12H,2-3,9-10H2,1H3,(H2,23,24,25). The third-order valence-corrected chi connectivity index (χ3v) is 4.93. The second-order valence-corrected chi connectivity index (χ2v) is 6.81. The van der Waals surface area contributed by atoms with E-state index in [0.717, 1.165) is 47.1 Å². The summed E-state index contributed by atoms with van der Waals surface area (Å²) in [5.41, 5.74) is 3.81. The Morgan fingerprint density at radius 2 is 2.00 bits per heavy atom. The Labute approximate surface area is 151 Å². The van der Waals surface area contributed by atoms with Gasteiger partial charge in [-0.1, -0.05) is 0 Å². The van der Waals surface area contributed by atoms with Gasteiger partial charge in [0.2, 0.25) is 0 Å². The van der Waals surface area contributed by atoms with Crippen LogP contribution in [0.3, 0.4) is 0 Å². The lowest BCUT2D eigenvalue weighted by atomic mass is 10.1. The molecule has 3 aromatic heterocycles. The minimum absolute atomic E-state index is 0.741. The molecule has 0 spiro atoms. The van der Waals surface area contributed by atoms with Gasteiger partial charge in [0.25, 0.3) is 0 Å². The van der Waals surface area contributed by atoms with Crippen molar-refractivity contribution >= 4 is 39.1 Å². The van der Waals surface area contributed by atoms with Crippen molar-refractivity contribution in [2.75, 3.05) is 23.3 Å². The number of benzene rings is 1. The van der Waals surface area contributed by atoms with Crippen molar-refractivity contribution in [3.8, 4) is 0 Å². The minimum atomic E-state index is 0.741. The first-order valence-corrected chi connectivity index (χ1v) is 9.00. The van der Waals surface area contributed by atoms with Crippen molar-refractivity contribution in [1.29, 1.82) is 0 Å². The fourth-order valence-electron chi connectivity index (χ4n) is 3.70. The van der Waals surface area contributed by atoms with Crippen LogP contribution in [0.25, 0.3) is 21.8 Å². The van der Waals surface area contributed by atoms with E-state index in [1.165, 1.54) is 23.6 Å². The van der Waals surface area contributed by atoms with Gasteiger partial charge >= 0.3 is 0 Å². The van der Waals surface area contributed by atoms with E-state index in [-0.39, 0.29) is 0 Å². The van der Waals surface area contributed by atoms with Gasteiger partial charge in [-0.2, -0.15) is 5.10 Å². The largest absolute Gasteiger partial charge is 0.356 e. The molecule has 0 radical (unpaired) electrons. The number of anilines is 3. The summed E-state index contributed by atoms with van der Waals surface area (Å²) in [6.45, 7) is 4.25. The Hall–Kier alpha value is -3.15. The first kappa shape index (κ1) is 15.1. The van der Waals surface area contributed by atoms with Gasteiger partial charge in [0.15, 0.2) is 5.82 Å². The Kier molecular flexibility index (Phi) is 3.48. The molecule has 1 saturated heterocycles. The van der Waals surface area contributed by atoms with Gasteiger partial charge < -0.3 is 10.2 Å². The maximum Gasteiger partial charge on any atom is 0.178 e. The van der Waals surface area contributed by atoms with Gasteiger partial charge in [0.1, 0.15) is 11.3 Å². The average Bonchev–Trinajstić information content (AvgIpc) is 3.31. The first-order chi connectivity index (χ1) is 12.8. The third kappa shape index (κ3) is 2.54. The highest BCUT2D eigenvalue weighted by Crippen LogP contribution is 2.31. The van der Waals surface area contributed by atoms with E-state index in [1.54, 1.807) is 6.20 Å². The van der Waals surface area contributed by atoms with Crippen molar-refractivity contribution in [2.45, 2.75) is 19.8 Å². The average molecular weight is 344 g/mol. The van der Waals surface area contributed by atoms with E-state index in [0.29, 0.717) is 0 Å².